The summed E-state index contributed by atoms with van der Waals surface area (Å²) in [6.45, 7) is 5.25. The molecule has 5 heteroatoms. The maximum Gasteiger partial charge on any atom is 0.315 e. The van der Waals surface area contributed by atoms with Gasteiger partial charge < -0.3 is 20.3 Å². The highest BCUT2D eigenvalue weighted by molar-refractivity contribution is 5.74. The fourth-order valence-electron chi connectivity index (χ4n) is 3.16. The minimum absolute atomic E-state index is 0.0669. The second-order valence-corrected chi connectivity index (χ2v) is 5.64. The molecule has 5 nitrogen and oxygen atoms in total. The van der Waals surface area contributed by atoms with Crippen molar-refractivity contribution in [3.8, 4) is 5.75 Å². The number of fused-ring (bicyclic) bond motifs is 1. The molecule has 21 heavy (non-hydrogen) atoms. The standard InChI is InChI=1S/C16H23N3O2/c1-2-17-16(20)18-12-8-9-19(11-12)14-6-3-7-15-13(14)5-4-10-21-15/h3,6-7,12H,2,4-5,8-11H2,1H3,(H2,17,18,20). The summed E-state index contributed by atoms with van der Waals surface area (Å²) in [6, 6.07) is 6.43. The summed E-state index contributed by atoms with van der Waals surface area (Å²) in [5.74, 6) is 1.03. The van der Waals surface area contributed by atoms with E-state index in [1.807, 2.05) is 6.92 Å². The number of hydrogen-bond acceptors (Lipinski definition) is 3. The normalized spacial score (nSPS) is 20.6. The van der Waals surface area contributed by atoms with Crippen LogP contribution in [-0.4, -0.2) is 38.3 Å². The second kappa shape index (κ2) is 6.24. The van der Waals surface area contributed by atoms with E-state index in [9.17, 15) is 4.79 Å². The minimum atomic E-state index is -0.0669. The first-order valence-electron chi connectivity index (χ1n) is 7.82. The number of nitrogens with one attached hydrogen (secondary N) is 2. The fraction of sp³-hybridized carbons (Fsp3) is 0.562. The molecule has 3 rings (SSSR count). The van der Waals surface area contributed by atoms with Crippen LogP contribution in [0.15, 0.2) is 18.2 Å². The van der Waals surface area contributed by atoms with E-state index < -0.39 is 0 Å². The number of carbonyl (C=O) groups excluding carboxylic acids is 1. The predicted molar refractivity (Wildman–Crippen MR) is 83.1 cm³/mol. The zero-order valence-electron chi connectivity index (χ0n) is 12.5. The molecule has 0 aliphatic carbocycles. The molecular formula is C16H23N3O2. The third-order valence-corrected chi connectivity index (χ3v) is 4.14. The van der Waals surface area contributed by atoms with Crippen LogP contribution < -0.4 is 20.3 Å². The van der Waals surface area contributed by atoms with Gasteiger partial charge in [0.15, 0.2) is 0 Å². The number of ether oxygens (including phenoxy) is 1. The van der Waals surface area contributed by atoms with E-state index in [1.165, 1.54) is 11.3 Å². The second-order valence-electron chi connectivity index (χ2n) is 5.64. The van der Waals surface area contributed by atoms with E-state index in [0.717, 1.165) is 44.7 Å². The maximum atomic E-state index is 11.6. The molecule has 1 unspecified atom stereocenters. The van der Waals surface area contributed by atoms with Gasteiger partial charge >= 0.3 is 6.03 Å². The molecule has 114 valence electrons. The SMILES string of the molecule is CCNC(=O)NC1CCN(c2cccc3c2CCCO3)C1. The van der Waals surface area contributed by atoms with Crippen molar-refractivity contribution in [1.82, 2.24) is 10.6 Å². The van der Waals surface area contributed by atoms with Gasteiger partial charge in [0.05, 0.1) is 6.61 Å². The molecule has 0 bridgehead atoms. The van der Waals surface area contributed by atoms with Crippen molar-refractivity contribution >= 4 is 11.7 Å². The Hall–Kier alpha value is -1.91. The van der Waals surface area contributed by atoms with Crippen molar-refractivity contribution < 1.29 is 9.53 Å². The summed E-state index contributed by atoms with van der Waals surface area (Å²) < 4.78 is 5.74. The van der Waals surface area contributed by atoms with Crippen LogP contribution in [0.4, 0.5) is 10.5 Å². The van der Waals surface area contributed by atoms with E-state index in [4.69, 9.17) is 4.74 Å². The summed E-state index contributed by atoms with van der Waals surface area (Å²) in [5, 5.41) is 5.83. The van der Waals surface area contributed by atoms with Crippen LogP contribution >= 0.6 is 0 Å². The van der Waals surface area contributed by atoms with E-state index >= 15 is 0 Å². The lowest BCUT2D eigenvalue weighted by atomic mass is 10.0. The zero-order valence-corrected chi connectivity index (χ0v) is 12.5. The van der Waals surface area contributed by atoms with E-state index in [1.54, 1.807) is 0 Å². The summed E-state index contributed by atoms with van der Waals surface area (Å²) >= 11 is 0. The molecule has 0 aromatic heterocycles. The maximum absolute atomic E-state index is 11.6. The van der Waals surface area contributed by atoms with Crippen molar-refractivity contribution in [3.05, 3.63) is 23.8 Å². The van der Waals surface area contributed by atoms with Gasteiger partial charge in [-0.15, -0.1) is 0 Å². The molecule has 0 spiro atoms. The van der Waals surface area contributed by atoms with Crippen molar-refractivity contribution in [2.75, 3.05) is 31.1 Å². The van der Waals surface area contributed by atoms with Crippen LogP contribution in [0.1, 0.15) is 25.3 Å². The number of anilines is 1. The predicted octanol–water partition coefficient (Wildman–Crippen LogP) is 1.91. The fourth-order valence-corrected chi connectivity index (χ4v) is 3.16. The molecule has 1 saturated heterocycles. The van der Waals surface area contributed by atoms with E-state index in [-0.39, 0.29) is 12.1 Å². The molecule has 2 aliphatic rings. The molecule has 2 heterocycles. The van der Waals surface area contributed by atoms with Gasteiger partial charge in [0.2, 0.25) is 0 Å². The number of benzene rings is 1. The Balaban J connectivity index is 1.68. The van der Waals surface area contributed by atoms with E-state index in [0.29, 0.717) is 6.54 Å². The van der Waals surface area contributed by atoms with Gasteiger partial charge in [-0.2, -0.15) is 0 Å². The highest BCUT2D eigenvalue weighted by Crippen LogP contribution is 2.34. The third-order valence-electron chi connectivity index (χ3n) is 4.14. The van der Waals surface area contributed by atoms with Gasteiger partial charge in [-0.05, 0) is 38.3 Å². The van der Waals surface area contributed by atoms with Crippen LogP contribution in [-0.2, 0) is 6.42 Å². The van der Waals surface area contributed by atoms with Crippen LogP contribution in [0.3, 0.4) is 0 Å². The Morgan fingerprint density at radius 1 is 1.48 bits per heavy atom. The average molecular weight is 289 g/mol. The van der Waals surface area contributed by atoms with Crippen molar-refractivity contribution in [3.63, 3.8) is 0 Å². The largest absolute Gasteiger partial charge is 0.493 e. The van der Waals surface area contributed by atoms with Crippen molar-refractivity contribution in [2.45, 2.75) is 32.2 Å². The lowest BCUT2D eigenvalue weighted by molar-refractivity contribution is 0.238. The Morgan fingerprint density at radius 2 is 2.38 bits per heavy atom. The summed E-state index contributed by atoms with van der Waals surface area (Å²) in [5.41, 5.74) is 2.59. The van der Waals surface area contributed by atoms with Gasteiger partial charge in [0, 0.05) is 36.9 Å². The molecule has 1 aromatic rings. The summed E-state index contributed by atoms with van der Waals surface area (Å²) in [7, 11) is 0. The van der Waals surface area contributed by atoms with Gasteiger partial charge in [0.1, 0.15) is 5.75 Å². The van der Waals surface area contributed by atoms with Crippen LogP contribution in [0.5, 0.6) is 5.75 Å². The van der Waals surface area contributed by atoms with Crippen LogP contribution in [0, 0.1) is 0 Å². The topological polar surface area (TPSA) is 53.6 Å². The third kappa shape index (κ3) is 3.06. The lowest BCUT2D eigenvalue weighted by Gasteiger charge is -2.26. The monoisotopic (exact) mass is 289 g/mol. The number of rotatable bonds is 3. The first kappa shape index (κ1) is 14.0. The molecule has 2 amide bonds. The molecule has 2 N–H and O–H groups in total. The average Bonchev–Trinajstić information content (AvgIpc) is 2.95. The van der Waals surface area contributed by atoms with Gasteiger partial charge in [-0.3, -0.25) is 0 Å². The minimum Gasteiger partial charge on any atom is -0.493 e. The number of nitrogens with zero attached hydrogens (tertiary/aromatic N) is 1. The van der Waals surface area contributed by atoms with Crippen LogP contribution in [0.2, 0.25) is 0 Å². The molecule has 1 fully saturated rings. The Labute approximate surface area is 125 Å². The molecule has 2 aliphatic heterocycles. The molecule has 1 atom stereocenters. The van der Waals surface area contributed by atoms with Gasteiger partial charge in [-0.25, -0.2) is 4.79 Å². The Kier molecular flexibility index (Phi) is 4.18. The van der Waals surface area contributed by atoms with Crippen LogP contribution in [0.25, 0.3) is 0 Å². The molecule has 1 aromatic carbocycles. The highest BCUT2D eigenvalue weighted by Gasteiger charge is 2.26. The Bertz CT molecular complexity index is 518. The number of amides is 2. The zero-order chi connectivity index (χ0) is 14.7. The number of hydrogen-bond donors (Lipinski definition) is 2. The van der Waals surface area contributed by atoms with Crippen molar-refractivity contribution in [2.24, 2.45) is 0 Å². The summed E-state index contributed by atoms with van der Waals surface area (Å²) in [6.07, 6.45) is 3.15. The Morgan fingerprint density at radius 3 is 3.24 bits per heavy atom. The molecular weight excluding hydrogens is 266 g/mol. The molecule has 0 radical (unpaired) electrons. The van der Waals surface area contributed by atoms with Crippen molar-refractivity contribution in [1.29, 1.82) is 0 Å². The quantitative estimate of drug-likeness (QED) is 0.893. The molecule has 0 saturated carbocycles. The first-order valence-corrected chi connectivity index (χ1v) is 7.82. The van der Waals surface area contributed by atoms with Gasteiger partial charge in [-0.1, -0.05) is 6.07 Å². The number of urea groups is 1. The summed E-state index contributed by atoms with van der Waals surface area (Å²) in [4.78, 5) is 14.0. The van der Waals surface area contributed by atoms with Gasteiger partial charge in [0.25, 0.3) is 0 Å². The van der Waals surface area contributed by atoms with E-state index in [2.05, 4.69) is 33.7 Å². The lowest BCUT2D eigenvalue weighted by Crippen LogP contribution is -2.43. The highest BCUT2D eigenvalue weighted by atomic mass is 16.5. The first-order chi connectivity index (χ1) is 10.3. The smallest absolute Gasteiger partial charge is 0.315 e. The number of carbonyl (C=O) groups is 1.